The maximum Gasteiger partial charge on any atom is 0.249 e. The molecule has 1 saturated heterocycles. The highest BCUT2D eigenvalue weighted by Gasteiger charge is 2.29. The summed E-state index contributed by atoms with van der Waals surface area (Å²) in [5, 5.41) is 3.31. The topological polar surface area (TPSA) is 92.5 Å². The van der Waals surface area contributed by atoms with E-state index in [4.69, 9.17) is 5.73 Å². The van der Waals surface area contributed by atoms with Gasteiger partial charge in [0.25, 0.3) is 0 Å². The van der Waals surface area contributed by atoms with Crippen LogP contribution in [0.4, 0.5) is 0 Å². The van der Waals surface area contributed by atoms with Crippen LogP contribution in [0, 0.1) is 12.8 Å². The van der Waals surface area contributed by atoms with E-state index >= 15 is 0 Å². The first-order valence-corrected chi connectivity index (χ1v) is 9.41. The maximum atomic E-state index is 12.8. The number of hydrogen-bond acceptors (Lipinski definition) is 4. The van der Waals surface area contributed by atoms with Crippen LogP contribution in [0.15, 0.2) is 23.1 Å². The quantitative estimate of drug-likeness (QED) is 0.812. The van der Waals surface area contributed by atoms with E-state index in [1.54, 1.807) is 19.1 Å². The van der Waals surface area contributed by atoms with E-state index in [0.29, 0.717) is 24.6 Å². The number of carbonyl (C=O) groups is 1. The van der Waals surface area contributed by atoms with E-state index in [1.165, 1.54) is 10.4 Å². The predicted octanol–water partition coefficient (Wildman–Crippen LogP) is 1.10. The lowest BCUT2D eigenvalue weighted by Crippen LogP contribution is -2.40. The molecule has 0 atom stereocenters. The summed E-state index contributed by atoms with van der Waals surface area (Å²) < 4.78 is 27.0. The molecule has 0 aliphatic carbocycles. The van der Waals surface area contributed by atoms with Crippen LogP contribution in [0.1, 0.15) is 35.7 Å². The number of carbonyl (C=O) groups excluding carboxylic acids is 1. The van der Waals surface area contributed by atoms with E-state index in [9.17, 15) is 13.2 Å². The summed E-state index contributed by atoms with van der Waals surface area (Å²) in [6.45, 7) is 6.69. The van der Waals surface area contributed by atoms with Crippen molar-refractivity contribution < 1.29 is 13.2 Å². The molecule has 0 bridgehead atoms. The molecular formula is C16H25N3O3S. The molecule has 3 N–H and O–H groups in total. The number of sulfonamides is 1. The molecule has 1 aromatic carbocycles. The van der Waals surface area contributed by atoms with Crippen molar-refractivity contribution in [2.24, 2.45) is 11.7 Å². The second-order valence-corrected chi connectivity index (χ2v) is 7.93. The van der Waals surface area contributed by atoms with Gasteiger partial charge in [0.2, 0.25) is 15.9 Å². The number of rotatable bonds is 6. The lowest BCUT2D eigenvalue weighted by molar-refractivity contribution is 0.0999. The molecule has 0 aromatic heterocycles. The van der Waals surface area contributed by atoms with Crippen LogP contribution < -0.4 is 11.1 Å². The minimum Gasteiger partial charge on any atom is -0.366 e. The van der Waals surface area contributed by atoms with Crippen molar-refractivity contribution in [1.82, 2.24) is 9.62 Å². The van der Waals surface area contributed by atoms with Crippen LogP contribution in [-0.2, 0) is 10.0 Å². The van der Waals surface area contributed by atoms with Gasteiger partial charge in [-0.15, -0.1) is 0 Å². The van der Waals surface area contributed by atoms with Crippen LogP contribution >= 0.6 is 0 Å². The first-order valence-electron chi connectivity index (χ1n) is 7.97. The molecule has 1 amide bonds. The molecule has 1 aliphatic heterocycles. The molecule has 1 aliphatic rings. The first-order chi connectivity index (χ1) is 10.9. The molecule has 0 spiro atoms. The Kier molecular flexibility index (Phi) is 5.78. The smallest absolute Gasteiger partial charge is 0.249 e. The second kappa shape index (κ2) is 7.42. The average Bonchev–Trinajstić information content (AvgIpc) is 2.53. The second-order valence-electron chi connectivity index (χ2n) is 6.00. The van der Waals surface area contributed by atoms with Gasteiger partial charge in [-0.1, -0.05) is 13.0 Å². The molecular weight excluding hydrogens is 314 g/mol. The zero-order chi connectivity index (χ0) is 17.0. The van der Waals surface area contributed by atoms with Crippen LogP contribution in [0.25, 0.3) is 0 Å². The molecule has 128 valence electrons. The molecule has 1 aromatic rings. The standard InChI is InChI=1S/C16H25N3O3S/c1-3-18-11-13-6-8-19(9-7-13)23(21,22)14-5-4-12(2)15(10-14)16(17)20/h4-5,10,13,18H,3,6-9,11H2,1-2H3,(H2,17,20). The molecule has 1 heterocycles. The highest BCUT2D eigenvalue weighted by Crippen LogP contribution is 2.24. The monoisotopic (exact) mass is 339 g/mol. The SMILES string of the molecule is CCNCC1CCN(S(=O)(=O)c2ccc(C)c(C(N)=O)c2)CC1. The van der Waals surface area contributed by atoms with Crippen LogP contribution in [0.3, 0.4) is 0 Å². The third-order valence-electron chi connectivity index (χ3n) is 4.37. The molecule has 6 nitrogen and oxygen atoms in total. The lowest BCUT2D eigenvalue weighted by Gasteiger charge is -2.31. The number of primary amides is 1. The Morgan fingerprint density at radius 3 is 2.57 bits per heavy atom. The van der Waals surface area contributed by atoms with Gasteiger partial charge in [-0.2, -0.15) is 4.31 Å². The molecule has 0 radical (unpaired) electrons. The summed E-state index contributed by atoms with van der Waals surface area (Å²) in [6.07, 6.45) is 1.70. The zero-order valence-corrected chi connectivity index (χ0v) is 14.5. The summed E-state index contributed by atoms with van der Waals surface area (Å²) in [7, 11) is -3.57. The number of aryl methyl sites for hydroxylation is 1. The Morgan fingerprint density at radius 2 is 2.00 bits per heavy atom. The van der Waals surface area contributed by atoms with Gasteiger partial charge in [0, 0.05) is 18.7 Å². The maximum absolute atomic E-state index is 12.8. The summed E-state index contributed by atoms with van der Waals surface area (Å²) in [4.78, 5) is 11.6. The number of nitrogens with zero attached hydrogens (tertiary/aromatic N) is 1. The molecule has 7 heteroatoms. The molecule has 0 saturated carbocycles. The summed E-state index contributed by atoms with van der Waals surface area (Å²) in [6, 6.07) is 4.56. The average molecular weight is 339 g/mol. The van der Waals surface area contributed by atoms with Crippen LogP contribution in [-0.4, -0.2) is 44.8 Å². The fraction of sp³-hybridized carbons (Fsp3) is 0.562. The number of hydrogen-bond donors (Lipinski definition) is 2. The number of nitrogens with one attached hydrogen (secondary N) is 1. The highest BCUT2D eigenvalue weighted by molar-refractivity contribution is 7.89. The minimum atomic E-state index is -3.57. The Bertz CT molecular complexity index is 665. The zero-order valence-electron chi connectivity index (χ0n) is 13.7. The van der Waals surface area contributed by atoms with Gasteiger partial charge in [0.15, 0.2) is 0 Å². The van der Waals surface area contributed by atoms with E-state index in [2.05, 4.69) is 12.2 Å². The van der Waals surface area contributed by atoms with Crippen molar-refractivity contribution in [3.8, 4) is 0 Å². The Morgan fingerprint density at radius 1 is 1.35 bits per heavy atom. The molecule has 2 rings (SSSR count). The number of piperidine rings is 1. The fourth-order valence-electron chi connectivity index (χ4n) is 2.88. The Labute approximate surface area is 138 Å². The molecule has 0 unspecified atom stereocenters. The fourth-order valence-corrected chi connectivity index (χ4v) is 4.37. The third-order valence-corrected chi connectivity index (χ3v) is 6.26. The Balaban J connectivity index is 2.14. The van der Waals surface area contributed by atoms with Gasteiger partial charge < -0.3 is 11.1 Å². The van der Waals surface area contributed by atoms with E-state index in [1.807, 2.05) is 0 Å². The van der Waals surface area contributed by atoms with Gasteiger partial charge in [-0.25, -0.2) is 8.42 Å². The third kappa shape index (κ3) is 4.10. The van der Waals surface area contributed by atoms with Gasteiger partial charge >= 0.3 is 0 Å². The van der Waals surface area contributed by atoms with Gasteiger partial charge in [-0.05, 0) is 56.5 Å². The predicted molar refractivity (Wildman–Crippen MR) is 89.7 cm³/mol. The van der Waals surface area contributed by atoms with E-state index in [0.717, 1.165) is 25.9 Å². The Hall–Kier alpha value is -1.44. The van der Waals surface area contributed by atoms with E-state index in [-0.39, 0.29) is 10.5 Å². The largest absolute Gasteiger partial charge is 0.366 e. The van der Waals surface area contributed by atoms with Crippen LogP contribution in [0.2, 0.25) is 0 Å². The van der Waals surface area contributed by atoms with Crippen molar-refractivity contribution >= 4 is 15.9 Å². The van der Waals surface area contributed by atoms with Crippen molar-refractivity contribution in [3.05, 3.63) is 29.3 Å². The summed E-state index contributed by atoms with van der Waals surface area (Å²) >= 11 is 0. The number of amides is 1. The minimum absolute atomic E-state index is 0.141. The van der Waals surface area contributed by atoms with E-state index < -0.39 is 15.9 Å². The summed E-state index contributed by atoms with van der Waals surface area (Å²) in [5.41, 5.74) is 6.25. The van der Waals surface area contributed by atoms with Crippen molar-refractivity contribution in [1.29, 1.82) is 0 Å². The van der Waals surface area contributed by atoms with Gasteiger partial charge in [-0.3, -0.25) is 4.79 Å². The highest BCUT2D eigenvalue weighted by atomic mass is 32.2. The number of nitrogens with two attached hydrogens (primary N) is 1. The van der Waals surface area contributed by atoms with Crippen molar-refractivity contribution in [2.75, 3.05) is 26.2 Å². The first kappa shape index (κ1) is 17.9. The number of benzene rings is 1. The summed E-state index contributed by atoms with van der Waals surface area (Å²) in [5.74, 6) is -0.0931. The van der Waals surface area contributed by atoms with Gasteiger partial charge in [0.05, 0.1) is 4.90 Å². The van der Waals surface area contributed by atoms with Crippen molar-refractivity contribution in [3.63, 3.8) is 0 Å². The lowest BCUT2D eigenvalue weighted by atomic mass is 9.98. The van der Waals surface area contributed by atoms with Crippen LogP contribution in [0.5, 0.6) is 0 Å². The van der Waals surface area contributed by atoms with Gasteiger partial charge in [0.1, 0.15) is 0 Å². The molecule has 1 fully saturated rings. The van der Waals surface area contributed by atoms with Crippen molar-refractivity contribution in [2.45, 2.75) is 31.6 Å². The normalized spacial score (nSPS) is 17.3. The molecule has 23 heavy (non-hydrogen) atoms.